The molecule has 2 rings (SSSR count). The van der Waals surface area contributed by atoms with Crippen LogP contribution >= 0.6 is 0 Å². The van der Waals surface area contributed by atoms with E-state index in [1.54, 1.807) is 7.11 Å². The van der Waals surface area contributed by atoms with Crippen LogP contribution in [0.4, 0.5) is 0 Å². The molecule has 0 aliphatic heterocycles. The van der Waals surface area contributed by atoms with Gasteiger partial charge in [0, 0.05) is 13.1 Å². The number of rotatable bonds is 8. The molecule has 114 valence electrons. The summed E-state index contributed by atoms with van der Waals surface area (Å²) in [5.74, 6) is 0.921. The van der Waals surface area contributed by atoms with Crippen molar-refractivity contribution in [3.63, 3.8) is 0 Å². The molecular formula is C17H25N3O. The largest absolute Gasteiger partial charge is 0.497 e. The first-order chi connectivity index (χ1) is 10.3. The molecule has 0 bridgehead atoms. The number of ether oxygens (including phenoxy) is 1. The van der Waals surface area contributed by atoms with Gasteiger partial charge < -0.3 is 10.1 Å². The van der Waals surface area contributed by atoms with Crippen molar-refractivity contribution in [1.82, 2.24) is 15.1 Å². The van der Waals surface area contributed by atoms with E-state index in [0.29, 0.717) is 0 Å². The van der Waals surface area contributed by atoms with E-state index in [1.165, 1.54) is 17.0 Å². The van der Waals surface area contributed by atoms with Gasteiger partial charge in [-0.15, -0.1) is 0 Å². The van der Waals surface area contributed by atoms with Crippen LogP contribution in [0, 0.1) is 0 Å². The van der Waals surface area contributed by atoms with Crippen LogP contribution in [-0.2, 0) is 25.9 Å². The summed E-state index contributed by atoms with van der Waals surface area (Å²) >= 11 is 0. The Kier molecular flexibility index (Phi) is 5.81. The average molecular weight is 287 g/mol. The van der Waals surface area contributed by atoms with E-state index in [1.807, 2.05) is 12.1 Å². The van der Waals surface area contributed by atoms with Crippen molar-refractivity contribution in [3.05, 3.63) is 47.3 Å². The summed E-state index contributed by atoms with van der Waals surface area (Å²) in [6.07, 6.45) is 1.99. The summed E-state index contributed by atoms with van der Waals surface area (Å²) in [6.45, 7) is 7.01. The topological polar surface area (TPSA) is 39.1 Å². The quantitative estimate of drug-likeness (QED) is 0.759. The predicted octanol–water partition coefficient (Wildman–Crippen LogP) is 2.81. The van der Waals surface area contributed by atoms with E-state index in [0.717, 1.165) is 38.2 Å². The van der Waals surface area contributed by atoms with Crippen LogP contribution in [0.1, 0.15) is 30.8 Å². The van der Waals surface area contributed by atoms with Crippen molar-refractivity contribution < 1.29 is 4.74 Å². The van der Waals surface area contributed by atoms with Crippen molar-refractivity contribution in [2.75, 3.05) is 13.7 Å². The van der Waals surface area contributed by atoms with E-state index in [2.05, 4.69) is 47.1 Å². The van der Waals surface area contributed by atoms with Crippen molar-refractivity contribution in [2.24, 2.45) is 0 Å². The first kappa shape index (κ1) is 15.6. The zero-order valence-electron chi connectivity index (χ0n) is 13.2. The number of aryl methyl sites for hydroxylation is 2. The molecule has 1 aromatic carbocycles. The second-order valence-electron chi connectivity index (χ2n) is 5.07. The second kappa shape index (κ2) is 7.84. The lowest BCUT2D eigenvalue weighted by Gasteiger charge is -2.07. The molecule has 0 unspecified atom stereocenters. The summed E-state index contributed by atoms with van der Waals surface area (Å²) in [7, 11) is 1.70. The third-order valence-electron chi connectivity index (χ3n) is 3.61. The van der Waals surface area contributed by atoms with Gasteiger partial charge in [0.1, 0.15) is 5.75 Å². The molecular weight excluding hydrogens is 262 g/mol. The highest BCUT2D eigenvalue weighted by Gasteiger charge is 2.05. The first-order valence-electron chi connectivity index (χ1n) is 7.66. The fraction of sp³-hybridized carbons (Fsp3) is 0.471. The Morgan fingerprint density at radius 3 is 2.81 bits per heavy atom. The summed E-state index contributed by atoms with van der Waals surface area (Å²) < 4.78 is 7.32. The SMILES string of the molecule is CCc1cc(CNCCc2cccc(OC)c2)n(CC)n1. The molecule has 2 aromatic rings. The zero-order chi connectivity index (χ0) is 15.1. The Morgan fingerprint density at radius 1 is 1.24 bits per heavy atom. The number of nitrogens with zero attached hydrogens (tertiary/aromatic N) is 2. The Morgan fingerprint density at radius 2 is 2.10 bits per heavy atom. The van der Waals surface area contributed by atoms with Gasteiger partial charge in [-0.2, -0.15) is 5.10 Å². The van der Waals surface area contributed by atoms with Crippen LogP contribution in [0.25, 0.3) is 0 Å². The standard InChI is InChI=1S/C17H25N3O/c1-4-15-12-16(20(5-2)19-15)13-18-10-9-14-7-6-8-17(11-14)21-3/h6-8,11-12,18H,4-5,9-10,13H2,1-3H3. The summed E-state index contributed by atoms with van der Waals surface area (Å²) in [5.41, 5.74) is 3.72. The highest BCUT2D eigenvalue weighted by Crippen LogP contribution is 2.12. The van der Waals surface area contributed by atoms with Gasteiger partial charge >= 0.3 is 0 Å². The van der Waals surface area contributed by atoms with Gasteiger partial charge in [0.2, 0.25) is 0 Å². The fourth-order valence-electron chi connectivity index (χ4n) is 2.38. The van der Waals surface area contributed by atoms with Crippen molar-refractivity contribution >= 4 is 0 Å². The molecule has 21 heavy (non-hydrogen) atoms. The van der Waals surface area contributed by atoms with Crippen molar-refractivity contribution in [2.45, 2.75) is 39.8 Å². The van der Waals surface area contributed by atoms with E-state index < -0.39 is 0 Å². The van der Waals surface area contributed by atoms with E-state index >= 15 is 0 Å². The van der Waals surface area contributed by atoms with E-state index in [4.69, 9.17) is 4.74 Å². The smallest absolute Gasteiger partial charge is 0.119 e. The molecule has 0 aliphatic carbocycles. The highest BCUT2D eigenvalue weighted by atomic mass is 16.5. The number of hydrogen-bond donors (Lipinski definition) is 1. The zero-order valence-corrected chi connectivity index (χ0v) is 13.2. The van der Waals surface area contributed by atoms with Crippen LogP contribution < -0.4 is 10.1 Å². The van der Waals surface area contributed by atoms with Gasteiger partial charge in [-0.1, -0.05) is 19.1 Å². The Balaban J connectivity index is 1.82. The van der Waals surface area contributed by atoms with Crippen LogP contribution in [0.2, 0.25) is 0 Å². The van der Waals surface area contributed by atoms with Crippen LogP contribution in [0.3, 0.4) is 0 Å². The maximum atomic E-state index is 5.24. The molecule has 0 saturated heterocycles. The lowest BCUT2D eigenvalue weighted by Crippen LogP contribution is -2.19. The number of benzene rings is 1. The lowest BCUT2D eigenvalue weighted by molar-refractivity contribution is 0.414. The van der Waals surface area contributed by atoms with Gasteiger partial charge in [0.15, 0.2) is 0 Å². The summed E-state index contributed by atoms with van der Waals surface area (Å²) in [4.78, 5) is 0. The highest BCUT2D eigenvalue weighted by molar-refractivity contribution is 5.28. The average Bonchev–Trinajstić information content (AvgIpc) is 2.94. The van der Waals surface area contributed by atoms with Gasteiger partial charge in [0.05, 0.1) is 18.5 Å². The van der Waals surface area contributed by atoms with Gasteiger partial charge in [-0.05, 0) is 50.1 Å². The summed E-state index contributed by atoms with van der Waals surface area (Å²) in [6, 6.07) is 10.4. The molecule has 0 saturated carbocycles. The third kappa shape index (κ3) is 4.33. The Hall–Kier alpha value is -1.81. The second-order valence-corrected chi connectivity index (χ2v) is 5.07. The molecule has 0 spiro atoms. The number of aromatic nitrogens is 2. The maximum absolute atomic E-state index is 5.24. The minimum atomic E-state index is 0.866. The molecule has 0 radical (unpaired) electrons. The molecule has 1 heterocycles. The first-order valence-corrected chi connectivity index (χ1v) is 7.66. The normalized spacial score (nSPS) is 10.8. The number of methoxy groups -OCH3 is 1. The van der Waals surface area contributed by atoms with E-state index in [-0.39, 0.29) is 0 Å². The predicted molar refractivity (Wildman–Crippen MR) is 85.7 cm³/mol. The van der Waals surface area contributed by atoms with Gasteiger partial charge in [0.25, 0.3) is 0 Å². The lowest BCUT2D eigenvalue weighted by atomic mass is 10.1. The van der Waals surface area contributed by atoms with Gasteiger partial charge in [-0.25, -0.2) is 0 Å². The van der Waals surface area contributed by atoms with Crippen LogP contribution in [-0.4, -0.2) is 23.4 Å². The minimum Gasteiger partial charge on any atom is -0.497 e. The number of hydrogen-bond acceptors (Lipinski definition) is 3. The van der Waals surface area contributed by atoms with E-state index in [9.17, 15) is 0 Å². The molecule has 1 aromatic heterocycles. The molecule has 4 nitrogen and oxygen atoms in total. The Bertz CT molecular complexity index is 563. The third-order valence-corrected chi connectivity index (χ3v) is 3.61. The summed E-state index contributed by atoms with van der Waals surface area (Å²) in [5, 5.41) is 8.07. The molecule has 1 N–H and O–H groups in total. The maximum Gasteiger partial charge on any atom is 0.119 e. The minimum absolute atomic E-state index is 0.866. The van der Waals surface area contributed by atoms with Crippen LogP contribution in [0.5, 0.6) is 5.75 Å². The van der Waals surface area contributed by atoms with Crippen molar-refractivity contribution in [3.8, 4) is 5.75 Å². The van der Waals surface area contributed by atoms with Crippen LogP contribution in [0.15, 0.2) is 30.3 Å². The van der Waals surface area contributed by atoms with Gasteiger partial charge in [-0.3, -0.25) is 4.68 Å². The molecule has 0 aliphatic rings. The molecule has 0 fully saturated rings. The fourth-order valence-corrected chi connectivity index (χ4v) is 2.38. The molecule has 0 atom stereocenters. The molecule has 4 heteroatoms. The molecule has 0 amide bonds. The van der Waals surface area contributed by atoms with Crippen molar-refractivity contribution in [1.29, 1.82) is 0 Å². The Labute approximate surface area is 127 Å². The number of nitrogens with one attached hydrogen (secondary N) is 1. The monoisotopic (exact) mass is 287 g/mol.